The van der Waals surface area contributed by atoms with Gasteiger partial charge in [0.2, 0.25) is 0 Å². The standard InChI is InChI=1S/C33H60ClP/c1-5-9-12-15-18-21-28-35(34,29-22-19-16-13-10-6-2,30-23-20-17-14-11-7-3)31-33-26-24-32(8-4)25-27-33/h8,24-27H,4-7,9-23,28-31H2,1-3H3. The van der Waals surface area contributed by atoms with Crippen LogP contribution in [0.25, 0.3) is 6.08 Å². The molecule has 0 saturated carbocycles. The summed E-state index contributed by atoms with van der Waals surface area (Å²) >= 11 is 8.14. The van der Waals surface area contributed by atoms with E-state index in [-0.39, 0.29) is 0 Å². The summed E-state index contributed by atoms with van der Waals surface area (Å²) in [6.07, 6.45) is 31.6. The van der Waals surface area contributed by atoms with Crippen molar-refractivity contribution in [2.24, 2.45) is 0 Å². The van der Waals surface area contributed by atoms with Crippen molar-refractivity contribution in [1.29, 1.82) is 0 Å². The molecule has 0 bridgehead atoms. The predicted octanol–water partition coefficient (Wildman–Crippen LogP) is 12.6. The molecule has 0 aromatic heterocycles. The topological polar surface area (TPSA) is 0 Å². The molecule has 204 valence electrons. The molecule has 0 radical (unpaired) electrons. The third-order valence-corrected chi connectivity index (χ3v) is 15.3. The fourth-order valence-electron chi connectivity index (χ4n) is 5.65. The van der Waals surface area contributed by atoms with Gasteiger partial charge in [0.05, 0.1) is 0 Å². The van der Waals surface area contributed by atoms with Crippen LogP contribution in [0.2, 0.25) is 0 Å². The van der Waals surface area contributed by atoms with Gasteiger partial charge in [0.15, 0.2) is 0 Å². The number of hydrogen-bond donors (Lipinski definition) is 0. The number of benzene rings is 1. The molecule has 0 aliphatic carbocycles. The summed E-state index contributed by atoms with van der Waals surface area (Å²) in [7, 11) is 0. The average Bonchev–Trinajstić information content (AvgIpc) is 2.86. The summed E-state index contributed by atoms with van der Waals surface area (Å²) in [5.41, 5.74) is 2.68. The zero-order valence-electron chi connectivity index (χ0n) is 24.0. The molecule has 0 N–H and O–H groups in total. The number of halogens is 1. The Bertz CT molecular complexity index is 591. The maximum atomic E-state index is 8.14. The average molecular weight is 523 g/mol. The Kier molecular flexibility index (Phi) is 18.5. The van der Waals surface area contributed by atoms with Crippen molar-refractivity contribution >= 4 is 23.3 Å². The fourth-order valence-corrected chi connectivity index (χ4v) is 12.5. The molecular weight excluding hydrogens is 463 g/mol. The van der Waals surface area contributed by atoms with Crippen molar-refractivity contribution in [1.82, 2.24) is 0 Å². The normalized spacial score (nSPS) is 13.0. The number of rotatable bonds is 24. The molecule has 0 amide bonds. The van der Waals surface area contributed by atoms with E-state index in [9.17, 15) is 0 Å². The van der Waals surface area contributed by atoms with E-state index in [4.69, 9.17) is 11.2 Å². The van der Waals surface area contributed by atoms with Gasteiger partial charge < -0.3 is 0 Å². The van der Waals surface area contributed by atoms with Crippen molar-refractivity contribution in [3.8, 4) is 0 Å². The molecule has 0 atom stereocenters. The van der Waals surface area contributed by atoms with E-state index in [1.807, 2.05) is 6.08 Å². The fraction of sp³-hybridized carbons (Fsp3) is 0.758. The van der Waals surface area contributed by atoms with Crippen LogP contribution < -0.4 is 0 Å². The van der Waals surface area contributed by atoms with E-state index in [2.05, 4.69) is 51.6 Å². The van der Waals surface area contributed by atoms with Crippen molar-refractivity contribution in [2.45, 2.75) is 143 Å². The van der Waals surface area contributed by atoms with E-state index < -0.39 is 5.96 Å². The summed E-state index contributed by atoms with van der Waals surface area (Å²) in [5, 5.41) is 0. The van der Waals surface area contributed by atoms with Crippen LogP contribution in [-0.4, -0.2) is 18.5 Å². The second kappa shape index (κ2) is 19.7. The van der Waals surface area contributed by atoms with Crippen LogP contribution in [0.4, 0.5) is 0 Å². The molecule has 0 fully saturated rings. The molecule has 0 spiro atoms. The molecule has 0 saturated heterocycles. The monoisotopic (exact) mass is 522 g/mol. The summed E-state index contributed by atoms with van der Waals surface area (Å²) in [4.78, 5) is 0. The van der Waals surface area contributed by atoms with Gasteiger partial charge in [-0.25, -0.2) is 0 Å². The first-order chi connectivity index (χ1) is 17.0. The van der Waals surface area contributed by atoms with Gasteiger partial charge in [-0.3, -0.25) is 0 Å². The van der Waals surface area contributed by atoms with Crippen LogP contribution in [0.15, 0.2) is 30.8 Å². The van der Waals surface area contributed by atoms with Gasteiger partial charge in [-0.2, -0.15) is 0 Å². The quantitative estimate of drug-likeness (QED) is 0.0934. The van der Waals surface area contributed by atoms with E-state index in [1.54, 1.807) is 0 Å². The minimum atomic E-state index is -2.32. The van der Waals surface area contributed by atoms with E-state index in [1.165, 1.54) is 145 Å². The molecule has 0 aliphatic heterocycles. The Balaban J connectivity index is 2.95. The zero-order chi connectivity index (χ0) is 25.7. The van der Waals surface area contributed by atoms with E-state index in [0.717, 1.165) is 6.16 Å². The Labute approximate surface area is 225 Å². The van der Waals surface area contributed by atoms with Crippen molar-refractivity contribution in [3.63, 3.8) is 0 Å². The predicted molar refractivity (Wildman–Crippen MR) is 168 cm³/mol. The first-order valence-corrected chi connectivity index (χ1v) is 19.3. The third-order valence-electron chi connectivity index (χ3n) is 8.00. The van der Waals surface area contributed by atoms with Gasteiger partial charge in [0.25, 0.3) is 0 Å². The van der Waals surface area contributed by atoms with Gasteiger partial charge in [0, 0.05) is 0 Å². The minimum absolute atomic E-state index is 1.14. The molecule has 2 heteroatoms. The number of hydrogen-bond acceptors (Lipinski definition) is 0. The van der Waals surface area contributed by atoms with Crippen molar-refractivity contribution in [2.75, 3.05) is 18.5 Å². The van der Waals surface area contributed by atoms with Crippen LogP contribution >= 0.6 is 17.2 Å². The van der Waals surface area contributed by atoms with Gasteiger partial charge in [-0.15, -0.1) is 0 Å². The SMILES string of the molecule is C=Cc1ccc(CP(Cl)(CCCCCCCC)(CCCCCCCC)CCCCCCCC)cc1. The van der Waals surface area contributed by atoms with Crippen molar-refractivity contribution in [3.05, 3.63) is 42.0 Å². The maximum absolute atomic E-state index is 8.14. The summed E-state index contributed by atoms with van der Waals surface area (Å²) in [6, 6.07) is 9.15. The molecule has 1 aromatic carbocycles. The first kappa shape index (κ1) is 32.7. The van der Waals surface area contributed by atoms with Crippen molar-refractivity contribution < 1.29 is 0 Å². The second-order valence-electron chi connectivity index (χ2n) is 11.4. The number of unbranched alkanes of at least 4 members (excludes halogenated alkanes) is 15. The Morgan fingerprint density at radius 2 is 0.914 bits per heavy atom. The Hall–Kier alpha value is -0.320. The Morgan fingerprint density at radius 3 is 1.26 bits per heavy atom. The van der Waals surface area contributed by atoms with Gasteiger partial charge >= 0.3 is 226 Å². The van der Waals surface area contributed by atoms with Crippen LogP contribution in [-0.2, 0) is 6.16 Å². The van der Waals surface area contributed by atoms with Crippen LogP contribution in [0, 0.1) is 0 Å². The second-order valence-corrected chi connectivity index (χ2v) is 19.6. The third kappa shape index (κ3) is 14.9. The van der Waals surface area contributed by atoms with Crippen LogP contribution in [0.5, 0.6) is 0 Å². The van der Waals surface area contributed by atoms with Gasteiger partial charge in [-0.05, 0) is 0 Å². The molecule has 0 unspecified atom stereocenters. The van der Waals surface area contributed by atoms with Crippen LogP contribution in [0.1, 0.15) is 147 Å². The van der Waals surface area contributed by atoms with Gasteiger partial charge in [-0.1, -0.05) is 0 Å². The van der Waals surface area contributed by atoms with Crippen LogP contribution in [0.3, 0.4) is 0 Å². The van der Waals surface area contributed by atoms with Gasteiger partial charge in [0.1, 0.15) is 0 Å². The summed E-state index contributed by atoms with van der Waals surface area (Å²) < 4.78 is 0. The van der Waals surface area contributed by atoms with E-state index >= 15 is 0 Å². The zero-order valence-corrected chi connectivity index (χ0v) is 25.6. The first-order valence-electron chi connectivity index (χ1n) is 15.4. The summed E-state index contributed by atoms with van der Waals surface area (Å²) in [6.45, 7) is 10.9. The molecule has 35 heavy (non-hydrogen) atoms. The van der Waals surface area contributed by atoms with E-state index in [0.29, 0.717) is 0 Å². The summed E-state index contributed by atoms with van der Waals surface area (Å²) in [5.74, 6) is -2.32. The molecule has 1 aromatic rings. The molecule has 1 rings (SSSR count). The molecule has 0 heterocycles. The molecular formula is C33H60ClP. The molecule has 0 aliphatic rings. The Morgan fingerprint density at radius 1 is 0.571 bits per heavy atom. The molecule has 0 nitrogen and oxygen atoms in total.